The summed E-state index contributed by atoms with van der Waals surface area (Å²) in [6.07, 6.45) is 6.42. The maximum Gasteiger partial charge on any atom is 0.336 e. The highest BCUT2D eigenvalue weighted by Gasteiger charge is 2.24. The van der Waals surface area contributed by atoms with Gasteiger partial charge >= 0.3 is 5.97 Å². The zero-order chi connectivity index (χ0) is 21.8. The van der Waals surface area contributed by atoms with Gasteiger partial charge in [-0.05, 0) is 48.4 Å². The average Bonchev–Trinajstić information content (AvgIpc) is 3.01. The van der Waals surface area contributed by atoms with E-state index in [1.54, 1.807) is 12.1 Å². The molecule has 0 saturated heterocycles. The van der Waals surface area contributed by atoms with E-state index >= 15 is 0 Å². The van der Waals surface area contributed by atoms with Gasteiger partial charge in [0, 0.05) is 19.4 Å². The Bertz CT molecular complexity index is 1100. The van der Waals surface area contributed by atoms with Gasteiger partial charge < -0.3 is 9.67 Å². The number of aromatic carboxylic acids is 1. The molecule has 0 spiro atoms. The van der Waals surface area contributed by atoms with Crippen LogP contribution in [0.5, 0.6) is 0 Å². The van der Waals surface area contributed by atoms with E-state index in [4.69, 9.17) is 4.98 Å². The van der Waals surface area contributed by atoms with Gasteiger partial charge in [0.1, 0.15) is 11.5 Å². The first-order valence-electron chi connectivity index (χ1n) is 11.1. The average molecular weight is 417 g/mol. The highest BCUT2D eigenvalue weighted by molar-refractivity contribution is 5.96. The van der Waals surface area contributed by atoms with Crippen LogP contribution in [0.15, 0.2) is 48.5 Å². The molecule has 1 aliphatic rings. The number of aromatic nitrogens is 2. The molecule has 2 aromatic carbocycles. The first-order chi connectivity index (χ1) is 15.1. The second kappa shape index (κ2) is 9.29. The summed E-state index contributed by atoms with van der Waals surface area (Å²) in [6, 6.07) is 15.0. The Labute approximate surface area is 182 Å². The first-order valence-corrected chi connectivity index (χ1v) is 11.1. The smallest absolute Gasteiger partial charge is 0.336 e. The number of carbonyl (C=O) groups is 2. The number of carbonyl (C=O) groups excluding carboxylic acids is 1. The number of carboxylic acid groups (broad SMARTS) is 1. The highest BCUT2D eigenvalue weighted by Crippen LogP contribution is 2.27. The van der Waals surface area contributed by atoms with Gasteiger partial charge in [-0.3, -0.25) is 4.79 Å². The molecule has 0 amide bonds. The minimum Gasteiger partial charge on any atom is -0.478 e. The van der Waals surface area contributed by atoms with Crippen molar-refractivity contribution in [3.8, 4) is 11.1 Å². The number of fused-ring (bicyclic) bond motifs is 1. The monoisotopic (exact) mass is 416 g/mol. The summed E-state index contributed by atoms with van der Waals surface area (Å²) >= 11 is 0. The molecule has 0 bridgehead atoms. The number of ketones is 1. The lowest BCUT2D eigenvalue weighted by molar-refractivity contribution is 0.0697. The molecular weight excluding hydrogens is 388 g/mol. The zero-order valence-electron chi connectivity index (χ0n) is 17.9. The van der Waals surface area contributed by atoms with Crippen molar-refractivity contribution < 1.29 is 14.7 Å². The molecule has 1 N–H and O–H groups in total. The Balaban J connectivity index is 1.66. The minimum absolute atomic E-state index is 0.203. The predicted octanol–water partition coefficient (Wildman–Crippen LogP) is 5.55. The molecule has 0 atom stereocenters. The summed E-state index contributed by atoms with van der Waals surface area (Å²) in [4.78, 5) is 29.2. The number of nitrogens with zero attached hydrogens (tertiary/aromatic N) is 2. The first kappa shape index (κ1) is 21.0. The summed E-state index contributed by atoms with van der Waals surface area (Å²) in [5, 5.41) is 9.47. The number of benzene rings is 2. The number of carboxylic acids is 1. The second-order valence-electron chi connectivity index (χ2n) is 8.19. The second-order valence-corrected chi connectivity index (χ2v) is 8.19. The highest BCUT2D eigenvalue weighted by atomic mass is 16.4. The summed E-state index contributed by atoms with van der Waals surface area (Å²) in [7, 11) is 0. The van der Waals surface area contributed by atoms with Crippen LogP contribution < -0.4 is 0 Å². The van der Waals surface area contributed by atoms with Gasteiger partial charge in [-0.2, -0.15) is 0 Å². The Kier molecular flexibility index (Phi) is 6.31. The van der Waals surface area contributed by atoms with E-state index in [0.717, 1.165) is 66.9 Å². The molecule has 4 rings (SSSR count). The van der Waals surface area contributed by atoms with Crippen LogP contribution in [0.4, 0.5) is 0 Å². The van der Waals surface area contributed by atoms with Crippen LogP contribution in [0.25, 0.3) is 11.1 Å². The fourth-order valence-electron chi connectivity index (χ4n) is 4.33. The van der Waals surface area contributed by atoms with Crippen LogP contribution in [-0.4, -0.2) is 26.4 Å². The van der Waals surface area contributed by atoms with E-state index in [9.17, 15) is 14.7 Å². The molecule has 3 aromatic rings. The van der Waals surface area contributed by atoms with Crippen LogP contribution >= 0.6 is 0 Å². The van der Waals surface area contributed by atoms with Crippen molar-refractivity contribution in [1.82, 2.24) is 9.55 Å². The Hall–Kier alpha value is -3.21. The van der Waals surface area contributed by atoms with Gasteiger partial charge in [0.2, 0.25) is 0 Å². The van der Waals surface area contributed by atoms with Crippen LogP contribution in [0.1, 0.15) is 77.0 Å². The molecule has 1 aromatic heterocycles. The van der Waals surface area contributed by atoms with Crippen molar-refractivity contribution in [2.24, 2.45) is 0 Å². The van der Waals surface area contributed by atoms with E-state index in [1.165, 1.54) is 0 Å². The third-order valence-corrected chi connectivity index (χ3v) is 5.97. The maximum atomic E-state index is 12.8. The topological polar surface area (TPSA) is 72.2 Å². The van der Waals surface area contributed by atoms with Crippen molar-refractivity contribution in [2.45, 2.75) is 58.4 Å². The molecule has 5 heteroatoms. The van der Waals surface area contributed by atoms with Gasteiger partial charge in [0.05, 0.1) is 11.3 Å². The number of Topliss-reactive ketones (excluding diaryl/α,β-unsaturated/α-hetero) is 1. The molecule has 0 aliphatic heterocycles. The van der Waals surface area contributed by atoms with Crippen molar-refractivity contribution in [1.29, 1.82) is 0 Å². The Morgan fingerprint density at radius 3 is 2.55 bits per heavy atom. The van der Waals surface area contributed by atoms with Crippen molar-refractivity contribution in [2.75, 3.05) is 0 Å². The number of imidazole rings is 1. The van der Waals surface area contributed by atoms with E-state index in [0.29, 0.717) is 24.1 Å². The molecule has 0 fully saturated rings. The molecule has 31 heavy (non-hydrogen) atoms. The molecule has 160 valence electrons. The molecule has 5 nitrogen and oxygen atoms in total. The van der Waals surface area contributed by atoms with E-state index in [2.05, 4.69) is 11.5 Å². The molecule has 1 heterocycles. The number of hydrogen-bond acceptors (Lipinski definition) is 3. The van der Waals surface area contributed by atoms with Gasteiger partial charge in [-0.15, -0.1) is 0 Å². The lowest BCUT2D eigenvalue weighted by Crippen LogP contribution is -2.13. The Morgan fingerprint density at radius 1 is 1.06 bits per heavy atom. The summed E-state index contributed by atoms with van der Waals surface area (Å²) in [6.45, 7) is 2.77. The molecule has 0 unspecified atom stereocenters. The van der Waals surface area contributed by atoms with Crippen LogP contribution in [0.3, 0.4) is 0 Å². The zero-order valence-corrected chi connectivity index (χ0v) is 17.9. The quantitative estimate of drug-likeness (QED) is 0.513. The van der Waals surface area contributed by atoms with Gasteiger partial charge in [0.25, 0.3) is 0 Å². The number of unbranched alkanes of at least 4 members (excludes halogenated alkanes) is 1. The lowest BCUT2D eigenvalue weighted by Gasteiger charge is -2.13. The molecular formula is C26H28N2O3. The van der Waals surface area contributed by atoms with Crippen molar-refractivity contribution in [3.63, 3.8) is 0 Å². The third kappa shape index (κ3) is 4.46. The fourth-order valence-corrected chi connectivity index (χ4v) is 4.33. The predicted molar refractivity (Wildman–Crippen MR) is 121 cm³/mol. The number of rotatable bonds is 7. The van der Waals surface area contributed by atoms with E-state index in [-0.39, 0.29) is 5.78 Å². The van der Waals surface area contributed by atoms with Crippen LogP contribution in [-0.2, 0) is 19.4 Å². The maximum absolute atomic E-state index is 12.8. The van der Waals surface area contributed by atoms with Crippen LogP contribution in [0, 0.1) is 0 Å². The van der Waals surface area contributed by atoms with Crippen molar-refractivity contribution in [3.05, 3.63) is 76.9 Å². The SMILES string of the molecule is CCCCc1nc2c(n1Cc1ccc(-c3ccccc3C(=O)O)cc1)C(=O)CCCC2. The standard InChI is InChI=1S/C26H28N2O3/c1-2-3-12-24-27-22-10-6-7-11-23(29)25(22)28(24)17-18-13-15-19(16-14-18)20-8-4-5-9-21(20)26(30)31/h4-5,8-9,13-16H,2-3,6-7,10-12,17H2,1H3,(H,30,31). The van der Waals surface area contributed by atoms with Crippen LogP contribution in [0.2, 0.25) is 0 Å². The number of aryl methyl sites for hydroxylation is 2. The molecule has 0 saturated carbocycles. The fraction of sp³-hybridized carbons (Fsp3) is 0.346. The normalized spacial score (nSPS) is 13.6. The largest absolute Gasteiger partial charge is 0.478 e. The minimum atomic E-state index is -0.931. The Morgan fingerprint density at radius 2 is 1.81 bits per heavy atom. The summed E-state index contributed by atoms with van der Waals surface area (Å²) < 4.78 is 2.12. The van der Waals surface area contributed by atoms with E-state index in [1.807, 2.05) is 36.4 Å². The lowest BCUT2D eigenvalue weighted by atomic mass is 9.98. The molecule has 1 aliphatic carbocycles. The van der Waals surface area contributed by atoms with Gasteiger partial charge in [-0.25, -0.2) is 9.78 Å². The number of hydrogen-bond donors (Lipinski definition) is 1. The van der Waals surface area contributed by atoms with Gasteiger partial charge in [0.15, 0.2) is 5.78 Å². The van der Waals surface area contributed by atoms with Crippen molar-refractivity contribution >= 4 is 11.8 Å². The summed E-state index contributed by atoms with van der Waals surface area (Å²) in [5.41, 5.74) is 4.70. The van der Waals surface area contributed by atoms with Gasteiger partial charge in [-0.1, -0.05) is 55.8 Å². The summed E-state index contributed by atoms with van der Waals surface area (Å²) in [5.74, 6) is 0.275. The van der Waals surface area contributed by atoms with E-state index < -0.39 is 5.97 Å². The molecule has 0 radical (unpaired) electrons. The third-order valence-electron chi connectivity index (χ3n) is 5.97.